The molecule has 1 aliphatic rings. The number of benzene rings is 1. The number of amides is 3. The zero-order valence-corrected chi connectivity index (χ0v) is 18.7. The van der Waals surface area contributed by atoms with Crippen molar-refractivity contribution in [2.24, 2.45) is 16.6 Å². The van der Waals surface area contributed by atoms with E-state index in [4.69, 9.17) is 20.7 Å². The molecule has 2 aromatic heterocycles. The van der Waals surface area contributed by atoms with E-state index in [-0.39, 0.29) is 5.01 Å². The number of hydrogen-bond acceptors (Lipinski definition) is 10. The first-order valence-electron chi connectivity index (χ1n) is 9.13. The van der Waals surface area contributed by atoms with Crippen LogP contribution in [0.2, 0.25) is 0 Å². The van der Waals surface area contributed by atoms with Crippen LogP contribution in [0.3, 0.4) is 0 Å². The Morgan fingerprint density at radius 3 is 2.50 bits per heavy atom. The molecule has 2 atom stereocenters. The fraction of sp³-hybridized carbons (Fsp3) is 0.278. The van der Waals surface area contributed by atoms with Crippen LogP contribution >= 0.6 is 11.3 Å². The zero-order valence-electron chi connectivity index (χ0n) is 17.1. The maximum absolute atomic E-state index is 12.6. The van der Waals surface area contributed by atoms with Gasteiger partial charge in [0, 0.05) is 11.8 Å². The summed E-state index contributed by atoms with van der Waals surface area (Å²) in [5.74, 6) is -0.818. The smallest absolute Gasteiger partial charge is 0.339 e. The molecule has 4 rings (SSSR count). The highest BCUT2D eigenvalue weighted by Crippen LogP contribution is 2.37. The number of carbonyl (C=O) groups is 2. The summed E-state index contributed by atoms with van der Waals surface area (Å²) in [4.78, 5) is 27.6. The molecule has 0 fully saturated rings. The first-order valence-corrected chi connectivity index (χ1v) is 11.9. The van der Waals surface area contributed by atoms with Gasteiger partial charge in [-0.3, -0.25) is 4.79 Å². The topological polar surface area (TPSA) is 184 Å². The Morgan fingerprint density at radius 2 is 1.97 bits per heavy atom. The van der Waals surface area contributed by atoms with Crippen LogP contribution in [0.15, 0.2) is 27.8 Å². The van der Waals surface area contributed by atoms with E-state index in [2.05, 4.69) is 15.2 Å². The first kappa shape index (κ1) is 21.7. The molecule has 0 aliphatic carbocycles. The first-order chi connectivity index (χ1) is 15.0. The maximum Gasteiger partial charge on any atom is 0.339 e. The van der Waals surface area contributed by atoms with Gasteiger partial charge in [0.05, 0.1) is 15.9 Å². The monoisotopic (exact) mass is 478 g/mol. The van der Waals surface area contributed by atoms with Crippen molar-refractivity contribution in [3.63, 3.8) is 0 Å². The highest BCUT2D eigenvalue weighted by atomic mass is 32.2. The van der Waals surface area contributed by atoms with Crippen molar-refractivity contribution in [3.05, 3.63) is 34.7 Å². The normalized spacial score (nSPS) is 17.3. The molecule has 3 amide bonds. The molecule has 1 aromatic carbocycles. The number of fused-ring (bicyclic) bond motifs is 1. The second kappa shape index (κ2) is 7.56. The van der Waals surface area contributed by atoms with E-state index in [0.29, 0.717) is 21.0 Å². The van der Waals surface area contributed by atoms with Crippen LogP contribution < -0.4 is 11.5 Å². The van der Waals surface area contributed by atoms with E-state index in [1.807, 2.05) is 19.1 Å². The molecule has 0 saturated carbocycles. The maximum atomic E-state index is 12.6. The van der Waals surface area contributed by atoms with Crippen molar-refractivity contribution in [2.45, 2.75) is 25.3 Å². The lowest BCUT2D eigenvalue weighted by atomic mass is 10.0. The molecular formula is C18H18N6O6S2. The van der Waals surface area contributed by atoms with E-state index in [0.717, 1.165) is 34.4 Å². The van der Waals surface area contributed by atoms with Crippen LogP contribution in [0, 0.1) is 13.8 Å². The fourth-order valence-electron chi connectivity index (χ4n) is 3.38. The van der Waals surface area contributed by atoms with Gasteiger partial charge in [-0.15, -0.1) is 16.4 Å². The molecule has 14 heteroatoms. The number of aromatic nitrogens is 2. The quantitative estimate of drug-likeness (QED) is 0.547. The molecular weight excluding hydrogens is 460 g/mol. The van der Waals surface area contributed by atoms with Gasteiger partial charge in [0.1, 0.15) is 10.8 Å². The lowest BCUT2D eigenvalue weighted by molar-refractivity contribution is -0.129. The van der Waals surface area contributed by atoms with Gasteiger partial charge in [-0.25, -0.2) is 18.2 Å². The van der Waals surface area contributed by atoms with E-state index in [1.165, 1.54) is 0 Å². The SMILES string of the molecule is Cc1noc(C)c1-c1ccc2nc(C(C3=NN(C(N)=O)C(C(N)=O)O3)S(C)(=O)=O)sc2c1. The summed E-state index contributed by atoms with van der Waals surface area (Å²) in [6.07, 6.45) is -0.677. The molecule has 3 aromatic rings. The van der Waals surface area contributed by atoms with Crippen molar-refractivity contribution < 1.29 is 27.3 Å². The largest absolute Gasteiger partial charge is 0.442 e. The Labute approximate surface area is 185 Å². The van der Waals surface area contributed by atoms with E-state index >= 15 is 0 Å². The summed E-state index contributed by atoms with van der Waals surface area (Å²) >= 11 is 1.11. The van der Waals surface area contributed by atoms with Gasteiger partial charge in [0.25, 0.3) is 12.1 Å². The van der Waals surface area contributed by atoms with Crippen LogP contribution in [0.5, 0.6) is 0 Å². The molecule has 1 aliphatic heterocycles. The van der Waals surface area contributed by atoms with Gasteiger partial charge >= 0.3 is 6.03 Å². The van der Waals surface area contributed by atoms with Crippen molar-refractivity contribution in [1.29, 1.82) is 0 Å². The summed E-state index contributed by atoms with van der Waals surface area (Å²) in [5, 5.41) is 6.94. The molecule has 168 valence electrons. The Kier molecular flexibility index (Phi) is 5.13. The number of thiazole rings is 1. The van der Waals surface area contributed by atoms with Crippen LogP contribution in [0.25, 0.3) is 21.3 Å². The minimum Gasteiger partial charge on any atom is -0.442 e. The Balaban J connectivity index is 1.80. The Bertz CT molecular complexity index is 1370. The second-order valence-electron chi connectivity index (χ2n) is 7.14. The molecule has 12 nitrogen and oxygen atoms in total. The van der Waals surface area contributed by atoms with Crippen molar-refractivity contribution in [1.82, 2.24) is 15.1 Å². The lowest BCUT2D eigenvalue weighted by Crippen LogP contribution is -2.45. The number of hydrogen-bond donors (Lipinski definition) is 2. The molecule has 4 N–H and O–H groups in total. The predicted octanol–water partition coefficient (Wildman–Crippen LogP) is 1.19. The number of urea groups is 1. The van der Waals surface area contributed by atoms with Gasteiger partial charge in [0.15, 0.2) is 15.1 Å². The van der Waals surface area contributed by atoms with Gasteiger partial charge in [-0.2, -0.15) is 5.01 Å². The number of carbonyl (C=O) groups excluding carboxylic acids is 2. The van der Waals surface area contributed by atoms with Gasteiger partial charge < -0.3 is 20.7 Å². The predicted molar refractivity (Wildman–Crippen MR) is 115 cm³/mol. The number of primary amides is 2. The average molecular weight is 479 g/mol. The number of aryl methyl sites for hydroxylation is 2. The number of hydrazone groups is 1. The van der Waals surface area contributed by atoms with E-state index < -0.39 is 39.2 Å². The van der Waals surface area contributed by atoms with Gasteiger partial charge in [0.2, 0.25) is 5.90 Å². The van der Waals surface area contributed by atoms with Crippen molar-refractivity contribution >= 4 is 49.2 Å². The molecule has 32 heavy (non-hydrogen) atoms. The minimum absolute atomic E-state index is 0.145. The third kappa shape index (κ3) is 3.67. The molecule has 0 spiro atoms. The van der Waals surface area contributed by atoms with Crippen LogP contribution in [0.1, 0.15) is 21.7 Å². The molecule has 0 bridgehead atoms. The number of rotatable bonds is 5. The number of sulfone groups is 1. The second-order valence-corrected chi connectivity index (χ2v) is 10.3. The summed E-state index contributed by atoms with van der Waals surface area (Å²) in [7, 11) is -3.88. The van der Waals surface area contributed by atoms with E-state index in [1.54, 1.807) is 13.0 Å². The zero-order chi connectivity index (χ0) is 23.4. The third-order valence-corrected chi connectivity index (χ3v) is 7.25. The lowest BCUT2D eigenvalue weighted by Gasteiger charge is -2.15. The fourth-order valence-corrected chi connectivity index (χ4v) is 5.92. The third-order valence-electron chi connectivity index (χ3n) is 4.73. The average Bonchev–Trinajstić information content (AvgIpc) is 3.37. The highest BCUT2D eigenvalue weighted by Gasteiger charge is 2.44. The summed E-state index contributed by atoms with van der Waals surface area (Å²) in [5.41, 5.74) is 13.4. The molecule has 3 heterocycles. The number of ether oxygens (including phenoxy) is 1. The van der Waals surface area contributed by atoms with E-state index in [9.17, 15) is 18.0 Å². The Morgan fingerprint density at radius 1 is 1.25 bits per heavy atom. The van der Waals surface area contributed by atoms with Gasteiger partial charge in [-0.1, -0.05) is 11.2 Å². The summed E-state index contributed by atoms with van der Waals surface area (Å²) in [6, 6.07) is 4.30. The molecule has 0 saturated heterocycles. The standard InChI is InChI=1S/C18H18N6O6S2/c1-7-12(8(2)30-23-7)9-4-5-10-11(6-9)31-16(21-10)13(32(3,27)28)15-22-24(18(20)26)17(29-15)14(19)25/h4-6,13,17H,1-3H3,(H2,19,25)(H2,20,26). The van der Waals surface area contributed by atoms with Crippen LogP contribution in [-0.2, 0) is 19.4 Å². The molecule has 2 unspecified atom stereocenters. The summed E-state index contributed by atoms with van der Waals surface area (Å²) < 4.78 is 36.5. The minimum atomic E-state index is -3.88. The van der Waals surface area contributed by atoms with Crippen molar-refractivity contribution in [2.75, 3.05) is 6.26 Å². The molecule has 0 radical (unpaired) electrons. The summed E-state index contributed by atoms with van der Waals surface area (Å²) in [6.45, 7) is 3.62. The van der Waals surface area contributed by atoms with Crippen LogP contribution in [-0.4, -0.2) is 53.9 Å². The van der Waals surface area contributed by atoms with Crippen LogP contribution in [0.4, 0.5) is 4.79 Å². The van der Waals surface area contributed by atoms with Crippen molar-refractivity contribution in [3.8, 4) is 11.1 Å². The Hall–Kier alpha value is -3.52. The van der Waals surface area contributed by atoms with Gasteiger partial charge in [-0.05, 0) is 31.5 Å². The highest BCUT2D eigenvalue weighted by molar-refractivity contribution is 7.91. The number of nitrogens with zero attached hydrogens (tertiary/aromatic N) is 4. The number of nitrogens with two attached hydrogens (primary N) is 2.